The summed E-state index contributed by atoms with van der Waals surface area (Å²) in [6.07, 6.45) is -4.54. The van der Waals surface area contributed by atoms with Gasteiger partial charge in [0.15, 0.2) is 0 Å². The van der Waals surface area contributed by atoms with Gasteiger partial charge in [0, 0.05) is 5.92 Å². The molecule has 0 aliphatic heterocycles. The molecule has 0 atom stereocenters. The van der Waals surface area contributed by atoms with Gasteiger partial charge in [0.05, 0.1) is 10.5 Å². The van der Waals surface area contributed by atoms with Crippen molar-refractivity contribution in [3.63, 3.8) is 0 Å². The maximum atomic E-state index is 12.3. The number of benzene rings is 1. The van der Waals surface area contributed by atoms with Crippen molar-refractivity contribution in [3.8, 4) is 0 Å². The standard InChI is InChI=1S/C11H12F3NO3S/c1-7(2)10(16)15-19(17,18)9-5-3-8(4-6-9)11(12,13)14/h3-7H,1-2H3,(H,15,16). The largest absolute Gasteiger partial charge is 0.416 e. The van der Waals surface area contributed by atoms with Crippen LogP contribution in [0, 0.1) is 5.92 Å². The molecule has 0 unspecified atom stereocenters. The van der Waals surface area contributed by atoms with Crippen LogP contribution in [0.3, 0.4) is 0 Å². The highest BCUT2D eigenvalue weighted by atomic mass is 32.2. The average Bonchev–Trinajstić information content (AvgIpc) is 2.27. The number of amides is 1. The van der Waals surface area contributed by atoms with E-state index in [4.69, 9.17) is 0 Å². The number of rotatable bonds is 3. The lowest BCUT2D eigenvalue weighted by molar-refractivity contribution is -0.137. The summed E-state index contributed by atoms with van der Waals surface area (Å²) in [4.78, 5) is 10.9. The Morgan fingerprint density at radius 1 is 1.16 bits per heavy atom. The quantitative estimate of drug-likeness (QED) is 0.929. The van der Waals surface area contributed by atoms with Crippen molar-refractivity contribution in [2.75, 3.05) is 0 Å². The van der Waals surface area contributed by atoms with Gasteiger partial charge in [-0.1, -0.05) is 13.8 Å². The van der Waals surface area contributed by atoms with Crippen molar-refractivity contribution in [2.24, 2.45) is 5.92 Å². The first-order valence-electron chi connectivity index (χ1n) is 5.28. The second-order valence-corrected chi connectivity index (χ2v) is 5.83. The fourth-order valence-electron chi connectivity index (χ4n) is 1.13. The molecule has 0 saturated carbocycles. The number of carbonyl (C=O) groups excluding carboxylic acids is 1. The highest BCUT2D eigenvalue weighted by Crippen LogP contribution is 2.29. The third-order valence-corrected chi connectivity index (χ3v) is 3.61. The Morgan fingerprint density at radius 3 is 2.00 bits per heavy atom. The lowest BCUT2D eigenvalue weighted by Gasteiger charge is -2.10. The highest BCUT2D eigenvalue weighted by Gasteiger charge is 2.30. The maximum Gasteiger partial charge on any atom is 0.416 e. The second-order valence-electron chi connectivity index (χ2n) is 4.15. The Bertz CT molecular complexity index is 562. The van der Waals surface area contributed by atoms with Gasteiger partial charge in [0.1, 0.15) is 0 Å². The molecular formula is C11H12F3NO3S. The van der Waals surface area contributed by atoms with Crippen LogP contribution in [0.2, 0.25) is 0 Å². The van der Waals surface area contributed by atoms with E-state index in [1.807, 2.05) is 0 Å². The molecule has 0 heterocycles. The Labute approximate surface area is 108 Å². The summed E-state index contributed by atoms with van der Waals surface area (Å²) in [6.45, 7) is 3.00. The second kappa shape index (κ2) is 5.20. The Kier molecular flexibility index (Phi) is 4.24. The first-order chi connectivity index (χ1) is 8.54. The van der Waals surface area contributed by atoms with Gasteiger partial charge < -0.3 is 0 Å². The number of sulfonamides is 1. The summed E-state index contributed by atoms with van der Waals surface area (Å²) in [5, 5.41) is 0. The van der Waals surface area contributed by atoms with E-state index in [9.17, 15) is 26.4 Å². The molecule has 1 amide bonds. The smallest absolute Gasteiger partial charge is 0.274 e. The molecule has 1 aromatic rings. The maximum absolute atomic E-state index is 12.3. The van der Waals surface area contributed by atoms with Crippen LogP contribution in [0.1, 0.15) is 19.4 Å². The zero-order chi connectivity index (χ0) is 14.8. The molecule has 0 aliphatic carbocycles. The Morgan fingerprint density at radius 2 is 1.63 bits per heavy atom. The van der Waals surface area contributed by atoms with E-state index in [0.29, 0.717) is 12.1 Å². The summed E-state index contributed by atoms with van der Waals surface area (Å²) >= 11 is 0. The minimum absolute atomic E-state index is 0.394. The lowest BCUT2D eigenvalue weighted by atomic mass is 10.2. The minimum Gasteiger partial charge on any atom is -0.274 e. The number of alkyl halides is 3. The van der Waals surface area contributed by atoms with Crippen LogP contribution in [-0.2, 0) is 21.0 Å². The molecule has 1 aromatic carbocycles. The van der Waals surface area contributed by atoms with E-state index in [1.54, 1.807) is 4.72 Å². The van der Waals surface area contributed by atoms with Crippen molar-refractivity contribution in [1.29, 1.82) is 0 Å². The van der Waals surface area contributed by atoms with Gasteiger partial charge in [-0.3, -0.25) is 4.79 Å². The summed E-state index contributed by atoms with van der Waals surface area (Å²) in [7, 11) is -4.13. The lowest BCUT2D eigenvalue weighted by Crippen LogP contribution is -2.33. The van der Waals surface area contributed by atoms with Crippen molar-refractivity contribution in [1.82, 2.24) is 4.72 Å². The third kappa shape index (κ3) is 3.95. The van der Waals surface area contributed by atoms with Crippen LogP contribution in [-0.4, -0.2) is 14.3 Å². The van der Waals surface area contributed by atoms with E-state index >= 15 is 0 Å². The summed E-state index contributed by atoms with van der Waals surface area (Å²) in [5.41, 5.74) is -0.957. The molecule has 0 aliphatic rings. The van der Waals surface area contributed by atoms with Crippen LogP contribution in [0.5, 0.6) is 0 Å². The average molecular weight is 295 g/mol. The molecule has 0 aromatic heterocycles. The zero-order valence-corrected chi connectivity index (χ0v) is 11.0. The van der Waals surface area contributed by atoms with Crippen molar-refractivity contribution in [3.05, 3.63) is 29.8 Å². The fraction of sp³-hybridized carbons (Fsp3) is 0.364. The molecule has 106 valence electrons. The molecule has 1 rings (SSSR count). The Hall–Kier alpha value is -1.57. The monoisotopic (exact) mass is 295 g/mol. The first-order valence-corrected chi connectivity index (χ1v) is 6.76. The van der Waals surface area contributed by atoms with Crippen LogP contribution >= 0.6 is 0 Å². The van der Waals surface area contributed by atoms with Crippen LogP contribution in [0.15, 0.2) is 29.2 Å². The van der Waals surface area contributed by atoms with Gasteiger partial charge in [0.2, 0.25) is 5.91 Å². The Balaban J connectivity index is 3.01. The topological polar surface area (TPSA) is 63.2 Å². The zero-order valence-electron chi connectivity index (χ0n) is 10.2. The number of hydrogen-bond acceptors (Lipinski definition) is 3. The number of nitrogens with one attached hydrogen (secondary N) is 1. The van der Waals surface area contributed by atoms with E-state index in [0.717, 1.165) is 12.1 Å². The van der Waals surface area contributed by atoms with Crippen LogP contribution < -0.4 is 4.72 Å². The molecule has 0 saturated heterocycles. The van der Waals surface area contributed by atoms with Crippen molar-refractivity contribution in [2.45, 2.75) is 24.9 Å². The summed E-state index contributed by atoms with van der Waals surface area (Å²) in [5.74, 6) is -1.27. The van der Waals surface area contributed by atoms with Crippen molar-refractivity contribution >= 4 is 15.9 Å². The molecule has 8 heteroatoms. The molecular weight excluding hydrogens is 283 g/mol. The van der Waals surface area contributed by atoms with Gasteiger partial charge >= 0.3 is 6.18 Å². The number of halogens is 3. The van der Waals surface area contributed by atoms with Crippen LogP contribution in [0.4, 0.5) is 13.2 Å². The van der Waals surface area contributed by atoms with E-state index in [-0.39, 0.29) is 0 Å². The minimum atomic E-state index is -4.54. The van der Waals surface area contributed by atoms with E-state index < -0.39 is 38.5 Å². The fourth-order valence-corrected chi connectivity index (χ4v) is 2.25. The van der Waals surface area contributed by atoms with Gasteiger partial charge in [0.25, 0.3) is 10.0 Å². The molecule has 1 N–H and O–H groups in total. The van der Waals surface area contributed by atoms with Crippen LogP contribution in [0.25, 0.3) is 0 Å². The predicted molar refractivity (Wildman–Crippen MR) is 61.6 cm³/mol. The highest BCUT2D eigenvalue weighted by molar-refractivity contribution is 7.90. The predicted octanol–water partition coefficient (Wildman–Crippen LogP) is 2.17. The van der Waals surface area contributed by atoms with Gasteiger partial charge in [-0.05, 0) is 24.3 Å². The van der Waals surface area contributed by atoms with Crippen molar-refractivity contribution < 1.29 is 26.4 Å². The molecule has 0 bridgehead atoms. The number of carbonyl (C=O) groups is 1. The molecule has 4 nitrogen and oxygen atoms in total. The van der Waals surface area contributed by atoms with E-state index in [1.165, 1.54) is 13.8 Å². The van der Waals surface area contributed by atoms with Gasteiger partial charge in [-0.2, -0.15) is 13.2 Å². The third-order valence-electron chi connectivity index (χ3n) is 2.25. The molecule has 0 fully saturated rings. The molecule has 0 radical (unpaired) electrons. The van der Waals surface area contributed by atoms with Gasteiger partial charge in [-0.25, -0.2) is 13.1 Å². The summed E-state index contributed by atoms with van der Waals surface area (Å²) in [6, 6.07) is 2.90. The molecule has 0 spiro atoms. The van der Waals surface area contributed by atoms with E-state index in [2.05, 4.69) is 0 Å². The SMILES string of the molecule is CC(C)C(=O)NS(=O)(=O)c1ccc(C(F)(F)F)cc1. The summed E-state index contributed by atoms with van der Waals surface area (Å²) < 4.78 is 62.1. The molecule has 19 heavy (non-hydrogen) atoms. The first kappa shape index (κ1) is 15.5. The van der Waals surface area contributed by atoms with Gasteiger partial charge in [-0.15, -0.1) is 0 Å². The number of hydrogen-bond donors (Lipinski definition) is 1. The normalized spacial score (nSPS) is 12.5.